The lowest BCUT2D eigenvalue weighted by Crippen LogP contribution is -2.47. The Morgan fingerprint density at radius 2 is 1.57 bits per heavy atom. The van der Waals surface area contributed by atoms with Crippen molar-refractivity contribution in [3.63, 3.8) is 0 Å². The molecule has 3 rings (SSSR count). The Balaban J connectivity index is 0.00000306. The van der Waals surface area contributed by atoms with Crippen molar-refractivity contribution >= 4 is 36.4 Å². The van der Waals surface area contributed by atoms with Crippen LogP contribution in [0.25, 0.3) is 0 Å². The Bertz CT molecular complexity index is 899. The molecule has 10 heteroatoms. The highest BCUT2D eigenvalue weighted by Gasteiger charge is 2.18. The van der Waals surface area contributed by atoms with Crippen LogP contribution in [0.4, 0.5) is 5.69 Å². The van der Waals surface area contributed by atoms with Gasteiger partial charge in [0.05, 0.1) is 21.3 Å². The van der Waals surface area contributed by atoms with Crippen LogP contribution in [0.3, 0.4) is 0 Å². The van der Waals surface area contributed by atoms with E-state index in [9.17, 15) is 4.79 Å². The summed E-state index contributed by atoms with van der Waals surface area (Å²) in [4.78, 5) is 17.1. The molecule has 8 nitrogen and oxygen atoms in total. The number of para-hydroxylation sites is 1. The predicted octanol–water partition coefficient (Wildman–Crippen LogP) is 3.57. The molecule has 0 bridgehead atoms. The van der Waals surface area contributed by atoms with Gasteiger partial charge in [0, 0.05) is 50.5 Å². The maximum atomic E-state index is 12.2. The first kappa shape index (κ1) is 30.5. The molecule has 1 heterocycles. The molecule has 1 saturated heterocycles. The number of anilines is 1. The lowest BCUT2D eigenvalue weighted by Gasteiger charge is -2.36. The number of ether oxygens (including phenoxy) is 4. The van der Waals surface area contributed by atoms with E-state index >= 15 is 0 Å². The molecule has 0 spiro atoms. The number of amides is 1. The second kappa shape index (κ2) is 15.4. The number of methoxy groups -OCH3 is 3. The number of nitrogens with one attached hydrogen (secondary N) is 1. The number of hydrogen-bond donors (Lipinski definition) is 1. The minimum atomic E-state index is -0.159. The molecule has 1 amide bonds. The first-order valence-corrected chi connectivity index (χ1v) is 11.3. The van der Waals surface area contributed by atoms with Gasteiger partial charge >= 0.3 is 0 Å². The van der Waals surface area contributed by atoms with E-state index in [0.717, 1.165) is 39.1 Å². The molecule has 0 aromatic heterocycles. The van der Waals surface area contributed by atoms with Gasteiger partial charge in [0.2, 0.25) is 5.75 Å². The van der Waals surface area contributed by atoms with Gasteiger partial charge in [-0.25, -0.2) is 0 Å². The summed E-state index contributed by atoms with van der Waals surface area (Å²) in [7, 11) is 4.62. The van der Waals surface area contributed by atoms with Crippen LogP contribution in [0.1, 0.15) is 12.0 Å². The maximum absolute atomic E-state index is 12.2. The van der Waals surface area contributed by atoms with Gasteiger partial charge in [-0.15, -0.1) is 24.8 Å². The van der Waals surface area contributed by atoms with Gasteiger partial charge in [-0.2, -0.15) is 0 Å². The zero-order valence-corrected chi connectivity index (χ0v) is 22.5. The molecule has 1 aliphatic heterocycles. The van der Waals surface area contributed by atoms with Crippen LogP contribution in [0.2, 0.25) is 0 Å². The van der Waals surface area contributed by atoms with Crippen LogP contribution in [-0.2, 0) is 4.79 Å². The standard InChI is InChI=1S/C25H35N3O5.2ClH/c1-19-8-5-6-9-21(19)28-14-12-27(13-15-28)11-7-10-26-24(29)18-33-20-16-22(30-2)25(32-4)23(17-20)31-3;;/h5-6,8-9,16-17H,7,10-15,18H2,1-4H3,(H,26,29);2*1H. The zero-order chi connectivity index (χ0) is 23.6. The molecular weight excluding hydrogens is 493 g/mol. The summed E-state index contributed by atoms with van der Waals surface area (Å²) in [6.07, 6.45) is 0.903. The minimum Gasteiger partial charge on any atom is -0.493 e. The molecule has 1 aliphatic rings. The zero-order valence-electron chi connectivity index (χ0n) is 20.9. The van der Waals surface area contributed by atoms with Crippen molar-refractivity contribution in [1.82, 2.24) is 10.2 Å². The lowest BCUT2D eigenvalue weighted by molar-refractivity contribution is -0.123. The van der Waals surface area contributed by atoms with Crippen LogP contribution in [0, 0.1) is 6.92 Å². The van der Waals surface area contributed by atoms with Gasteiger partial charge in [0.15, 0.2) is 18.1 Å². The number of nitrogens with zero attached hydrogens (tertiary/aromatic N) is 2. The van der Waals surface area contributed by atoms with E-state index in [0.29, 0.717) is 29.5 Å². The molecule has 2 aromatic rings. The summed E-state index contributed by atoms with van der Waals surface area (Å²) in [5.41, 5.74) is 2.65. The first-order valence-electron chi connectivity index (χ1n) is 11.3. The third kappa shape index (κ3) is 8.56. The van der Waals surface area contributed by atoms with Crippen LogP contribution < -0.4 is 29.2 Å². The summed E-state index contributed by atoms with van der Waals surface area (Å²) in [5.74, 6) is 1.76. The number of rotatable bonds is 11. The Morgan fingerprint density at radius 1 is 0.943 bits per heavy atom. The average molecular weight is 530 g/mol. The van der Waals surface area contributed by atoms with Crippen molar-refractivity contribution in [1.29, 1.82) is 0 Å². The third-order valence-electron chi connectivity index (χ3n) is 5.81. The van der Waals surface area contributed by atoms with Gasteiger partial charge in [-0.3, -0.25) is 9.69 Å². The number of aryl methyl sites for hydroxylation is 1. The van der Waals surface area contributed by atoms with Crippen LogP contribution >= 0.6 is 24.8 Å². The third-order valence-corrected chi connectivity index (χ3v) is 5.81. The van der Waals surface area contributed by atoms with E-state index in [4.69, 9.17) is 18.9 Å². The summed E-state index contributed by atoms with van der Waals surface area (Å²) >= 11 is 0. The SMILES string of the molecule is COc1cc(OCC(=O)NCCCN2CCN(c3ccccc3C)CC2)cc(OC)c1OC.Cl.Cl. The molecule has 0 radical (unpaired) electrons. The Hall–Kier alpha value is -2.55. The molecular formula is C25H37Cl2N3O5. The summed E-state index contributed by atoms with van der Waals surface area (Å²) < 4.78 is 21.5. The topological polar surface area (TPSA) is 72.5 Å². The van der Waals surface area contributed by atoms with Crippen molar-refractivity contribution in [2.75, 3.05) is 72.1 Å². The highest BCUT2D eigenvalue weighted by molar-refractivity contribution is 5.85. The number of halogens is 2. The smallest absolute Gasteiger partial charge is 0.257 e. The van der Waals surface area contributed by atoms with Gasteiger partial charge in [0.25, 0.3) is 5.91 Å². The number of piperazine rings is 1. The fourth-order valence-electron chi connectivity index (χ4n) is 4.00. The van der Waals surface area contributed by atoms with Crippen LogP contribution in [0.15, 0.2) is 36.4 Å². The van der Waals surface area contributed by atoms with E-state index < -0.39 is 0 Å². The van der Waals surface area contributed by atoms with Crippen LogP contribution in [-0.4, -0.2) is 78.0 Å². The van der Waals surface area contributed by atoms with Crippen LogP contribution in [0.5, 0.6) is 23.0 Å². The fourth-order valence-corrected chi connectivity index (χ4v) is 4.00. The average Bonchev–Trinajstić information content (AvgIpc) is 2.85. The number of carbonyl (C=O) groups excluding carboxylic acids is 1. The fraction of sp³-hybridized carbons (Fsp3) is 0.480. The molecule has 196 valence electrons. The maximum Gasteiger partial charge on any atom is 0.257 e. The molecule has 35 heavy (non-hydrogen) atoms. The Labute approximate surface area is 220 Å². The van der Waals surface area contributed by atoms with Crippen molar-refractivity contribution in [2.24, 2.45) is 0 Å². The molecule has 0 aliphatic carbocycles. The lowest BCUT2D eigenvalue weighted by atomic mass is 10.1. The molecule has 0 unspecified atom stereocenters. The van der Waals surface area contributed by atoms with E-state index in [1.54, 1.807) is 19.2 Å². The monoisotopic (exact) mass is 529 g/mol. The minimum absolute atomic E-state index is 0. The number of carbonyl (C=O) groups is 1. The predicted molar refractivity (Wildman–Crippen MR) is 144 cm³/mol. The molecule has 2 aromatic carbocycles. The molecule has 1 fully saturated rings. The first-order chi connectivity index (χ1) is 16.0. The second-order valence-corrected chi connectivity index (χ2v) is 7.97. The number of hydrogen-bond acceptors (Lipinski definition) is 7. The van der Waals surface area contributed by atoms with E-state index in [1.807, 2.05) is 0 Å². The van der Waals surface area contributed by atoms with E-state index in [2.05, 4.69) is 46.3 Å². The summed E-state index contributed by atoms with van der Waals surface area (Å²) in [6.45, 7) is 7.80. The Kier molecular flexibility index (Phi) is 13.5. The van der Waals surface area contributed by atoms with Crippen molar-refractivity contribution < 1.29 is 23.7 Å². The Morgan fingerprint density at radius 3 is 2.14 bits per heavy atom. The molecule has 0 atom stereocenters. The summed E-state index contributed by atoms with van der Waals surface area (Å²) in [6, 6.07) is 11.9. The van der Waals surface area contributed by atoms with Gasteiger partial charge in [-0.05, 0) is 31.5 Å². The van der Waals surface area contributed by atoms with E-state index in [-0.39, 0.29) is 37.3 Å². The molecule has 0 saturated carbocycles. The largest absolute Gasteiger partial charge is 0.493 e. The molecule has 1 N–H and O–H groups in total. The second-order valence-electron chi connectivity index (χ2n) is 7.97. The highest BCUT2D eigenvalue weighted by atomic mass is 35.5. The number of benzene rings is 2. The quantitative estimate of drug-likeness (QED) is 0.446. The van der Waals surface area contributed by atoms with Crippen molar-refractivity contribution in [2.45, 2.75) is 13.3 Å². The van der Waals surface area contributed by atoms with Crippen molar-refractivity contribution in [3.8, 4) is 23.0 Å². The van der Waals surface area contributed by atoms with Gasteiger partial charge < -0.3 is 29.2 Å². The van der Waals surface area contributed by atoms with Gasteiger partial charge in [-0.1, -0.05) is 18.2 Å². The van der Waals surface area contributed by atoms with E-state index in [1.165, 1.54) is 25.5 Å². The van der Waals surface area contributed by atoms with Gasteiger partial charge in [0.1, 0.15) is 5.75 Å². The normalized spacial score (nSPS) is 13.2. The highest BCUT2D eigenvalue weighted by Crippen LogP contribution is 2.40. The van der Waals surface area contributed by atoms with Crippen molar-refractivity contribution in [3.05, 3.63) is 42.0 Å². The summed E-state index contributed by atoms with van der Waals surface area (Å²) in [5, 5.41) is 2.93.